The van der Waals surface area contributed by atoms with E-state index in [1.165, 1.54) is 30.6 Å². The summed E-state index contributed by atoms with van der Waals surface area (Å²) in [6.07, 6.45) is 3.07. The largest absolute Gasteiger partial charge is 0.573 e. The minimum absolute atomic E-state index is 0.121. The van der Waals surface area contributed by atoms with Gasteiger partial charge in [-0.25, -0.2) is 9.97 Å². The molecule has 3 aromatic rings. The van der Waals surface area contributed by atoms with E-state index in [1.54, 1.807) is 30.3 Å². The number of fused-ring (bicyclic) bond motifs is 2. The van der Waals surface area contributed by atoms with Crippen LogP contribution in [0.5, 0.6) is 5.75 Å². The highest BCUT2D eigenvalue weighted by molar-refractivity contribution is 5.95. The molecule has 310 valence electrons. The fourth-order valence-corrected chi connectivity index (χ4v) is 6.29. The van der Waals surface area contributed by atoms with Gasteiger partial charge in [-0.15, -0.1) is 13.2 Å². The highest BCUT2D eigenvalue weighted by Crippen LogP contribution is 2.43. The second-order valence-electron chi connectivity index (χ2n) is 13.2. The summed E-state index contributed by atoms with van der Waals surface area (Å²) >= 11 is 0. The van der Waals surface area contributed by atoms with Gasteiger partial charge < -0.3 is 49.1 Å². The quantitative estimate of drug-likeness (QED) is 0.0705. The number of hydrogen-bond acceptors (Lipinski definition) is 12. The Balaban J connectivity index is 0.801. The van der Waals surface area contributed by atoms with E-state index in [2.05, 4.69) is 42.8 Å². The van der Waals surface area contributed by atoms with Crippen LogP contribution in [0.3, 0.4) is 0 Å². The van der Waals surface area contributed by atoms with Gasteiger partial charge in [0.25, 0.3) is 5.91 Å². The number of nitrogens with zero attached hydrogens (tertiary/aromatic N) is 2. The van der Waals surface area contributed by atoms with Gasteiger partial charge in [-0.05, 0) is 61.1 Å². The monoisotopic (exact) mass is 801 g/mol. The van der Waals surface area contributed by atoms with E-state index >= 15 is 0 Å². The Kier molecular flexibility index (Phi) is 18.0. The van der Waals surface area contributed by atoms with Crippen molar-refractivity contribution >= 4 is 23.3 Å². The number of halogens is 3. The molecular weight excluding hydrogens is 751 g/mol. The first kappa shape index (κ1) is 43.5. The Hall–Kier alpha value is -4.65. The summed E-state index contributed by atoms with van der Waals surface area (Å²) in [6.45, 7) is 5.91. The van der Waals surface area contributed by atoms with Crippen molar-refractivity contribution in [2.24, 2.45) is 17.8 Å². The van der Waals surface area contributed by atoms with Crippen LogP contribution in [0.25, 0.3) is 11.3 Å². The number of aromatic nitrogens is 2. The summed E-state index contributed by atoms with van der Waals surface area (Å²) in [5.41, 5.74) is 2.15. The number of hydrogen-bond donors (Lipinski definition) is 3. The number of carbonyl (C=O) groups is 2. The van der Waals surface area contributed by atoms with Gasteiger partial charge in [0.1, 0.15) is 17.9 Å². The number of rotatable bonds is 27. The summed E-state index contributed by atoms with van der Waals surface area (Å²) in [5, 5.41) is 8.81. The Morgan fingerprint density at radius 2 is 1.28 bits per heavy atom. The van der Waals surface area contributed by atoms with Crippen molar-refractivity contribution in [2.75, 3.05) is 97.7 Å². The third-order valence-electron chi connectivity index (χ3n) is 9.00. The summed E-state index contributed by atoms with van der Waals surface area (Å²) in [4.78, 5) is 33.5. The Morgan fingerprint density at radius 3 is 1.84 bits per heavy atom. The fraction of sp³-hybridized carbons (Fsp3) is 0.500. The fourth-order valence-electron chi connectivity index (χ4n) is 6.29. The third-order valence-corrected chi connectivity index (χ3v) is 9.00. The maximum absolute atomic E-state index is 12.7. The van der Waals surface area contributed by atoms with E-state index < -0.39 is 6.36 Å². The van der Waals surface area contributed by atoms with Crippen LogP contribution in [-0.4, -0.2) is 121 Å². The van der Waals surface area contributed by atoms with Crippen molar-refractivity contribution in [3.05, 3.63) is 78.6 Å². The van der Waals surface area contributed by atoms with Crippen LogP contribution in [0.4, 0.5) is 24.7 Å². The molecule has 1 saturated carbocycles. The topological polar surface area (TPSA) is 161 Å². The molecule has 1 fully saturated rings. The molecule has 1 heterocycles. The number of allylic oxidation sites excluding steroid dienone is 2. The van der Waals surface area contributed by atoms with Crippen LogP contribution in [0.2, 0.25) is 0 Å². The van der Waals surface area contributed by atoms with Crippen molar-refractivity contribution < 1.29 is 55.9 Å². The molecule has 17 heteroatoms. The normalized spacial score (nSPS) is 17.1. The summed E-state index contributed by atoms with van der Waals surface area (Å²) in [5.74, 6) is 1.05. The molecule has 3 atom stereocenters. The Morgan fingerprint density at radius 1 is 0.684 bits per heavy atom. The molecular formula is C40H50F3N5O9. The Labute approximate surface area is 329 Å². The van der Waals surface area contributed by atoms with E-state index in [9.17, 15) is 22.8 Å². The van der Waals surface area contributed by atoms with Crippen molar-refractivity contribution in [3.63, 3.8) is 0 Å². The Bertz CT molecular complexity index is 1700. The number of carbonyl (C=O) groups excluding carboxylic acids is 2. The lowest BCUT2D eigenvalue weighted by Gasteiger charge is -2.17. The molecule has 0 spiro atoms. The molecule has 2 aliphatic carbocycles. The zero-order chi connectivity index (χ0) is 40.1. The van der Waals surface area contributed by atoms with Gasteiger partial charge in [0.2, 0.25) is 5.91 Å². The number of anilines is 2. The summed E-state index contributed by atoms with van der Waals surface area (Å²) < 4.78 is 74.2. The predicted molar refractivity (Wildman–Crippen MR) is 203 cm³/mol. The maximum atomic E-state index is 12.7. The molecule has 1 aromatic heterocycles. The number of alkyl halides is 3. The van der Waals surface area contributed by atoms with Crippen LogP contribution in [0.1, 0.15) is 23.2 Å². The highest BCUT2D eigenvalue weighted by atomic mass is 19.4. The van der Waals surface area contributed by atoms with Crippen molar-refractivity contribution in [2.45, 2.75) is 19.2 Å². The van der Waals surface area contributed by atoms with Gasteiger partial charge in [0.15, 0.2) is 0 Å². The van der Waals surface area contributed by atoms with E-state index in [4.69, 9.17) is 28.4 Å². The van der Waals surface area contributed by atoms with Gasteiger partial charge in [0.05, 0.1) is 85.0 Å². The van der Waals surface area contributed by atoms with Gasteiger partial charge in [-0.1, -0.05) is 24.3 Å². The lowest BCUT2D eigenvalue weighted by Crippen LogP contribution is -2.35. The average molecular weight is 802 g/mol. The van der Waals surface area contributed by atoms with Crippen molar-refractivity contribution in [3.8, 4) is 17.0 Å². The molecule has 2 aliphatic rings. The molecule has 3 N–H and O–H groups in total. The van der Waals surface area contributed by atoms with Crippen LogP contribution >= 0.6 is 0 Å². The lowest BCUT2D eigenvalue weighted by atomic mass is 9.93. The van der Waals surface area contributed by atoms with Gasteiger partial charge in [-0.3, -0.25) is 9.59 Å². The molecule has 5 rings (SSSR count). The average Bonchev–Trinajstić information content (AvgIpc) is 3.85. The lowest BCUT2D eigenvalue weighted by molar-refractivity contribution is -0.274. The first-order valence-electron chi connectivity index (χ1n) is 19.0. The molecule has 2 aromatic carbocycles. The van der Waals surface area contributed by atoms with Crippen molar-refractivity contribution in [1.29, 1.82) is 0 Å². The van der Waals surface area contributed by atoms with Crippen LogP contribution in [-0.2, 0) is 33.2 Å². The maximum Gasteiger partial charge on any atom is 0.573 e. The SMILES string of the molecule is O=C(NCCOCCOCCOCCOCCOCCOCCNC(=O)C1CC2C=CC1C2)c1cccc(-c2cc(Nc3ccc(OC(F)(F)F)cc3)ncn2)c1. The number of amides is 2. The van der Waals surface area contributed by atoms with E-state index in [-0.39, 0.29) is 23.5 Å². The second kappa shape index (κ2) is 23.5. The van der Waals surface area contributed by atoms with Crippen LogP contribution in [0.15, 0.2) is 73.1 Å². The van der Waals surface area contributed by atoms with Gasteiger partial charge >= 0.3 is 6.36 Å². The molecule has 0 radical (unpaired) electrons. The predicted octanol–water partition coefficient (Wildman–Crippen LogP) is 4.94. The molecule has 0 aliphatic heterocycles. The minimum atomic E-state index is -4.77. The van der Waals surface area contributed by atoms with Gasteiger partial charge in [0, 0.05) is 41.9 Å². The molecule has 0 saturated heterocycles. The third kappa shape index (κ3) is 16.0. The molecule has 57 heavy (non-hydrogen) atoms. The first-order valence-corrected chi connectivity index (χ1v) is 19.0. The van der Waals surface area contributed by atoms with Crippen LogP contribution < -0.4 is 20.7 Å². The minimum Gasteiger partial charge on any atom is -0.406 e. The smallest absolute Gasteiger partial charge is 0.406 e. The van der Waals surface area contributed by atoms with E-state index in [0.717, 1.165) is 12.8 Å². The molecule has 3 unspecified atom stereocenters. The molecule has 2 amide bonds. The molecule has 14 nitrogen and oxygen atoms in total. The van der Waals surface area contributed by atoms with E-state index in [1.807, 2.05) is 0 Å². The standard InChI is InChI=1S/C40H50F3N5O9/c41-40(42,43)57-34-8-6-33(7-9-34)48-37-27-36(46-28-47-37)31-2-1-3-32(26-31)38(49)44-10-12-51-14-16-53-18-20-55-22-23-56-21-19-54-17-15-52-13-11-45-39(50)35-25-29-4-5-30(35)24-29/h1-9,26-30,35H,10-25H2,(H,44,49)(H,45,50)(H,46,47,48). The second-order valence-corrected chi connectivity index (χ2v) is 13.2. The first-order chi connectivity index (χ1) is 27.7. The zero-order valence-corrected chi connectivity index (χ0v) is 31.7. The number of ether oxygens (including phenoxy) is 7. The highest BCUT2D eigenvalue weighted by Gasteiger charge is 2.39. The van der Waals surface area contributed by atoms with Crippen LogP contribution in [0, 0.1) is 17.8 Å². The summed E-state index contributed by atoms with van der Waals surface area (Å²) in [6, 6.07) is 13.8. The van der Waals surface area contributed by atoms with Crippen molar-refractivity contribution in [1.82, 2.24) is 20.6 Å². The molecule has 2 bridgehead atoms. The zero-order valence-electron chi connectivity index (χ0n) is 31.7. The van der Waals surface area contributed by atoms with Gasteiger partial charge in [-0.2, -0.15) is 0 Å². The number of nitrogens with one attached hydrogen (secondary N) is 3. The number of benzene rings is 2. The summed E-state index contributed by atoms with van der Waals surface area (Å²) in [7, 11) is 0. The van der Waals surface area contributed by atoms with E-state index in [0.29, 0.717) is 133 Å².